The number of hydrogen-bond acceptors (Lipinski definition) is 3. The predicted molar refractivity (Wildman–Crippen MR) is 73.8 cm³/mol. The van der Waals surface area contributed by atoms with Crippen LogP contribution in [-0.2, 0) is 11.2 Å². The summed E-state index contributed by atoms with van der Waals surface area (Å²) in [6, 6.07) is 6.25. The normalized spacial score (nSPS) is 9.68. The largest absolute Gasteiger partial charge is 0.335 e. The topological polar surface area (TPSA) is 63.5 Å². The molecule has 0 aliphatic rings. The van der Waals surface area contributed by atoms with Gasteiger partial charge in [-0.25, -0.2) is 0 Å². The Morgan fingerprint density at radius 3 is 2.37 bits per heavy atom. The van der Waals surface area contributed by atoms with Gasteiger partial charge in [-0.2, -0.15) is 0 Å². The molecule has 1 aromatic carbocycles. The van der Waals surface area contributed by atoms with E-state index in [-0.39, 0.29) is 18.0 Å². The van der Waals surface area contributed by atoms with Gasteiger partial charge in [0.05, 0.1) is 11.3 Å². The van der Waals surface area contributed by atoms with Crippen LogP contribution in [0.1, 0.15) is 5.56 Å². The monoisotopic (exact) mass is 260 g/mol. The molecule has 100 valence electrons. The third-order valence-corrected chi connectivity index (χ3v) is 2.58. The Balaban J connectivity index is 2.88. The molecule has 1 rings (SSSR count). The van der Waals surface area contributed by atoms with Gasteiger partial charge in [0.2, 0.25) is 5.91 Å². The molecule has 0 aliphatic heterocycles. The second-order valence-corrected chi connectivity index (χ2v) is 3.94. The molecule has 0 aromatic heterocycles. The van der Waals surface area contributed by atoms with Crippen LogP contribution in [0, 0.1) is 10.1 Å². The highest BCUT2D eigenvalue weighted by Gasteiger charge is 2.18. The Hall–Kier alpha value is -2.43. The second-order valence-electron chi connectivity index (χ2n) is 3.94. The molecule has 1 aromatic rings. The molecule has 0 atom stereocenters. The van der Waals surface area contributed by atoms with Gasteiger partial charge in [0.1, 0.15) is 0 Å². The first-order valence-corrected chi connectivity index (χ1v) is 5.82. The van der Waals surface area contributed by atoms with Crippen molar-refractivity contribution in [2.75, 3.05) is 13.1 Å². The van der Waals surface area contributed by atoms with Crippen molar-refractivity contribution in [1.29, 1.82) is 0 Å². The Labute approximate surface area is 112 Å². The van der Waals surface area contributed by atoms with Crippen LogP contribution >= 0.6 is 0 Å². The van der Waals surface area contributed by atoms with Crippen molar-refractivity contribution in [3.63, 3.8) is 0 Å². The third-order valence-electron chi connectivity index (χ3n) is 2.58. The number of hydrogen-bond donors (Lipinski definition) is 0. The average Bonchev–Trinajstić information content (AvgIpc) is 2.38. The fourth-order valence-electron chi connectivity index (χ4n) is 1.70. The maximum Gasteiger partial charge on any atom is 0.273 e. The molecule has 0 saturated carbocycles. The van der Waals surface area contributed by atoms with Crippen LogP contribution in [0.5, 0.6) is 0 Å². The first kappa shape index (κ1) is 14.6. The zero-order valence-electron chi connectivity index (χ0n) is 10.6. The quantitative estimate of drug-likeness (QED) is 0.429. The summed E-state index contributed by atoms with van der Waals surface area (Å²) in [5.74, 6) is -0.186. The van der Waals surface area contributed by atoms with Gasteiger partial charge in [0.25, 0.3) is 5.69 Å². The Kier molecular flexibility index (Phi) is 5.47. The molecule has 19 heavy (non-hydrogen) atoms. The summed E-state index contributed by atoms with van der Waals surface area (Å²) in [6.07, 6.45) is 3.22. The molecule has 0 spiro atoms. The minimum atomic E-state index is -0.478. The van der Waals surface area contributed by atoms with Crippen LogP contribution < -0.4 is 0 Å². The molecule has 5 nitrogen and oxygen atoms in total. The highest BCUT2D eigenvalue weighted by Crippen LogP contribution is 2.18. The fraction of sp³-hybridized carbons (Fsp3) is 0.214. The van der Waals surface area contributed by atoms with E-state index < -0.39 is 4.92 Å². The first-order chi connectivity index (χ1) is 9.10. The molecule has 5 heteroatoms. The van der Waals surface area contributed by atoms with Crippen molar-refractivity contribution in [1.82, 2.24) is 4.90 Å². The second kappa shape index (κ2) is 7.10. The summed E-state index contributed by atoms with van der Waals surface area (Å²) in [4.78, 5) is 24.0. The third kappa shape index (κ3) is 4.06. The van der Waals surface area contributed by atoms with Crippen molar-refractivity contribution >= 4 is 11.6 Å². The fourth-order valence-corrected chi connectivity index (χ4v) is 1.70. The molecule has 0 N–H and O–H groups in total. The molecule has 0 bridgehead atoms. The number of nitrogens with zero attached hydrogens (tertiary/aromatic N) is 2. The maximum atomic E-state index is 12.1. The number of nitro groups is 1. The van der Waals surface area contributed by atoms with Crippen LogP contribution in [0.15, 0.2) is 49.6 Å². The van der Waals surface area contributed by atoms with E-state index in [4.69, 9.17) is 0 Å². The van der Waals surface area contributed by atoms with Crippen molar-refractivity contribution in [3.8, 4) is 0 Å². The highest BCUT2D eigenvalue weighted by molar-refractivity contribution is 5.80. The SMILES string of the molecule is C=CCN(CC=C)C(=O)Cc1ccccc1[N+](=O)[O-]. The van der Waals surface area contributed by atoms with Crippen molar-refractivity contribution < 1.29 is 9.72 Å². The first-order valence-electron chi connectivity index (χ1n) is 5.82. The summed E-state index contributed by atoms with van der Waals surface area (Å²) in [7, 11) is 0. The van der Waals surface area contributed by atoms with Gasteiger partial charge in [0, 0.05) is 24.7 Å². The molecule has 0 unspecified atom stereocenters. The number of carbonyl (C=O) groups is 1. The van der Waals surface area contributed by atoms with E-state index in [1.807, 2.05) is 0 Å². The zero-order valence-corrected chi connectivity index (χ0v) is 10.6. The molecule has 0 aliphatic carbocycles. The van der Waals surface area contributed by atoms with Crippen LogP contribution in [0.4, 0.5) is 5.69 Å². The summed E-state index contributed by atoms with van der Waals surface area (Å²) in [5, 5.41) is 10.9. The number of benzene rings is 1. The highest BCUT2D eigenvalue weighted by atomic mass is 16.6. The van der Waals surface area contributed by atoms with Gasteiger partial charge in [-0.05, 0) is 0 Å². The minimum Gasteiger partial charge on any atom is -0.335 e. The van der Waals surface area contributed by atoms with Crippen molar-refractivity contribution in [2.24, 2.45) is 0 Å². The van der Waals surface area contributed by atoms with Gasteiger partial charge < -0.3 is 4.90 Å². The summed E-state index contributed by atoms with van der Waals surface area (Å²) in [5.41, 5.74) is 0.378. The molecule has 0 saturated heterocycles. The van der Waals surface area contributed by atoms with E-state index in [9.17, 15) is 14.9 Å². The van der Waals surface area contributed by atoms with Crippen LogP contribution in [0.3, 0.4) is 0 Å². The van der Waals surface area contributed by atoms with E-state index in [0.29, 0.717) is 18.7 Å². The van der Waals surface area contributed by atoms with Crippen LogP contribution in [-0.4, -0.2) is 28.8 Å². The summed E-state index contributed by atoms with van der Waals surface area (Å²) in [6.45, 7) is 7.95. The number of para-hydroxylation sites is 1. The van der Waals surface area contributed by atoms with E-state index >= 15 is 0 Å². The van der Waals surface area contributed by atoms with Gasteiger partial charge in [-0.15, -0.1) is 13.2 Å². The summed E-state index contributed by atoms with van der Waals surface area (Å²) >= 11 is 0. The van der Waals surface area contributed by atoms with Gasteiger partial charge >= 0.3 is 0 Å². The number of carbonyl (C=O) groups excluding carboxylic acids is 1. The molecular weight excluding hydrogens is 244 g/mol. The van der Waals surface area contributed by atoms with Crippen LogP contribution in [0.2, 0.25) is 0 Å². The van der Waals surface area contributed by atoms with E-state index in [1.165, 1.54) is 11.0 Å². The number of nitro benzene ring substituents is 1. The molecular formula is C14H16N2O3. The molecule has 0 radical (unpaired) electrons. The smallest absolute Gasteiger partial charge is 0.273 e. The minimum absolute atomic E-state index is 0.00116. The van der Waals surface area contributed by atoms with Gasteiger partial charge in [-0.1, -0.05) is 30.4 Å². The maximum absolute atomic E-state index is 12.1. The molecule has 0 fully saturated rings. The lowest BCUT2D eigenvalue weighted by Crippen LogP contribution is -2.32. The van der Waals surface area contributed by atoms with Gasteiger partial charge in [-0.3, -0.25) is 14.9 Å². The van der Waals surface area contributed by atoms with E-state index in [0.717, 1.165) is 0 Å². The van der Waals surface area contributed by atoms with Gasteiger partial charge in [0.15, 0.2) is 0 Å². The average molecular weight is 260 g/mol. The number of amides is 1. The van der Waals surface area contributed by atoms with E-state index in [2.05, 4.69) is 13.2 Å². The molecule has 0 heterocycles. The molecule has 1 amide bonds. The lowest BCUT2D eigenvalue weighted by atomic mass is 10.1. The lowest BCUT2D eigenvalue weighted by Gasteiger charge is -2.19. The lowest BCUT2D eigenvalue weighted by molar-refractivity contribution is -0.385. The van der Waals surface area contributed by atoms with Crippen molar-refractivity contribution in [2.45, 2.75) is 6.42 Å². The predicted octanol–water partition coefficient (Wildman–Crippen LogP) is 2.34. The Bertz CT molecular complexity index is 487. The Morgan fingerprint density at radius 1 is 1.26 bits per heavy atom. The standard InChI is InChI=1S/C14H16N2O3/c1-3-9-15(10-4-2)14(17)11-12-7-5-6-8-13(12)16(18)19/h3-8H,1-2,9-11H2. The van der Waals surface area contributed by atoms with Crippen LogP contribution in [0.25, 0.3) is 0 Å². The van der Waals surface area contributed by atoms with E-state index in [1.54, 1.807) is 30.4 Å². The summed E-state index contributed by atoms with van der Waals surface area (Å²) < 4.78 is 0. The van der Waals surface area contributed by atoms with Crippen molar-refractivity contribution in [3.05, 3.63) is 65.3 Å². The zero-order chi connectivity index (χ0) is 14.3. The Morgan fingerprint density at radius 2 is 1.84 bits per heavy atom. The number of rotatable bonds is 7.